The van der Waals surface area contributed by atoms with Crippen molar-refractivity contribution in [2.45, 2.75) is 6.54 Å². The number of hydrogen-bond acceptors (Lipinski definition) is 3. The van der Waals surface area contributed by atoms with E-state index in [1.165, 1.54) is 12.1 Å². The Morgan fingerprint density at radius 3 is 2.57 bits per heavy atom. The summed E-state index contributed by atoms with van der Waals surface area (Å²) in [5.74, 6) is -1.64. The van der Waals surface area contributed by atoms with Gasteiger partial charge in [0, 0.05) is 23.9 Å². The van der Waals surface area contributed by atoms with Crippen LogP contribution in [0.1, 0.15) is 16.7 Å². The molecule has 1 heterocycles. The molecule has 2 aromatic carbocycles. The van der Waals surface area contributed by atoms with Crippen LogP contribution in [-0.4, -0.2) is 21.4 Å². The molecule has 28 heavy (non-hydrogen) atoms. The molecular formula is C21H17ClFN3O2. The summed E-state index contributed by atoms with van der Waals surface area (Å²) in [4.78, 5) is 15.9. The van der Waals surface area contributed by atoms with Gasteiger partial charge in [0.15, 0.2) is 5.71 Å². The Kier molecular flexibility index (Phi) is 5.61. The zero-order valence-corrected chi connectivity index (χ0v) is 15.5. The molecule has 3 aromatic rings. The third-order valence-corrected chi connectivity index (χ3v) is 4.47. The Labute approximate surface area is 166 Å². The number of nitrogens with zero attached hydrogens (tertiary/aromatic N) is 2. The van der Waals surface area contributed by atoms with E-state index in [9.17, 15) is 14.3 Å². The van der Waals surface area contributed by atoms with Gasteiger partial charge in [0.2, 0.25) is 0 Å². The molecular weight excluding hydrogens is 381 g/mol. The van der Waals surface area contributed by atoms with Crippen molar-refractivity contribution in [2.75, 3.05) is 5.73 Å². The van der Waals surface area contributed by atoms with Crippen LogP contribution in [-0.2, 0) is 11.3 Å². The van der Waals surface area contributed by atoms with Crippen LogP contribution in [0.2, 0.25) is 5.02 Å². The molecule has 3 rings (SSSR count). The lowest BCUT2D eigenvalue weighted by molar-refractivity contribution is -0.129. The molecule has 0 fully saturated rings. The molecule has 1 aromatic heterocycles. The first-order chi connectivity index (χ1) is 13.4. The van der Waals surface area contributed by atoms with Gasteiger partial charge in [-0.25, -0.2) is 14.2 Å². The minimum absolute atomic E-state index is 0.0405. The molecule has 0 unspecified atom stereocenters. The Morgan fingerprint density at radius 1 is 1.21 bits per heavy atom. The summed E-state index contributed by atoms with van der Waals surface area (Å²) in [5.41, 5.74) is 7.58. The number of aliphatic carboxylic acids is 1. The van der Waals surface area contributed by atoms with Gasteiger partial charge in [-0.05, 0) is 23.8 Å². The van der Waals surface area contributed by atoms with E-state index in [0.717, 1.165) is 11.6 Å². The Morgan fingerprint density at radius 2 is 1.93 bits per heavy atom. The second kappa shape index (κ2) is 8.10. The molecule has 5 nitrogen and oxygen atoms in total. The number of halogens is 2. The lowest BCUT2D eigenvalue weighted by Gasteiger charge is -2.08. The maximum Gasteiger partial charge on any atom is 0.355 e. The van der Waals surface area contributed by atoms with Crippen LogP contribution in [0.3, 0.4) is 0 Å². The van der Waals surface area contributed by atoms with Crippen LogP contribution in [0.15, 0.2) is 72.4 Å². The number of hydrogen-bond donors (Lipinski definition) is 2. The van der Waals surface area contributed by atoms with Crippen molar-refractivity contribution in [1.29, 1.82) is 0 Å². The van der Waals surface area contributed by atoms with Crippen LogP contribution in [0.25, 0.3) is 5.70 Å². The second-order valence-corrected chi connectivity index (χ2v) is 6.48. The zero-order chi connectivity index (χ0) is 20.3. The summed E-state index contributed by atoms with van der Waals surface area (Å²) in [6.45, 7) is 4.23. The topological polar surface area (TPSA) is 80.6 Å². The Hall–Kier alpha value is -3.38. The molecule has 0 aliphatic heterocycles. The fourth-order valence-corrected chi connectivity index (χ4v) is 2.82. The number of rotatable bonds is 6. The molecule has 0 spiro atoms. The van der Waals surface area contributed by atoms with Gasteiger partial charge in [-0.3, -0.25) is 0 Å². The van der Waals surface area contributed by atoms with Crippen molar-refractivity contribution in [3.05, 3.63) is 94.9 Å². The molecule has 0 aliphatic carbocycles. The predicted octanol–water partition coefficient (Wildman–Crippen LogP) is 4.46. The highest BCUT2D eigenvalue weighted by molar-refractivity contribution is 6.44. The molecule has 3 N–H and O–H groups in total. The number of benzene rings is 2. The monoisotopic (exact) mass is 397 g/mol. The fourth-order valence-electron chi connectivity index (χ4n) is 2.70. The van der Waals surface area contributed by atoms with Gasteiger partial charge in [-0.15, -0.1) is 0 Å². The highest BCUT2D eigenvalue weighted by Crippen LogP contribution is 2.23. The van der Waals surface area contributed by atoms with E-state index in [0.29, 0.717) is 12.1 Å². The molecule has 0 saturated heterocycles. The van der Waals surface area contributed by atoms with Crippen LogP contribution >= 0.6 is 11.6 Å². The third kappa shape index (κ3) is 4.13. The number of carboxylic acids is 1. The zero-order valence-electron chi connectivity index (χ0n) is 14.8. The molecule has 142 valence electrons. The van der Waals surface area contributed by atoms with Crippen molar-refractivity contribution in [3.63, 3.8) is 0 Å². The second-order valence-electron chi connectivity index (χ2n) is 6.07. The average molecular weight is 398 g/mol. The summed E-state index contributed by atoms with van der Waals surface area (Å²) in [6.07, 6.45) is 1.70. The van der Waals surface area contributed by atoms with Crippen molar-refractivity contribution >= 4 is 34.8 Å². The van der Waals surface area contributed by atoms with Crippen molar-refractivity contribution in [3.8, 4) is 0 Å². The van der Waals surface area contributed by atoms with Crippen LogP contribution in [0.4, 0.5) is 10.2 Å². The number of aromatic nitrogens is 1. The van der Waals surface area contributed by atoms with E-state index in [1.807, 2.05) is 30.3 Å². The van der Waals surface area contributed by atoms with Gasteiger partial charge in [0.1, 0.15) is 11.6 Å². The third-order valence-electron chi connectivity index (χ3n) is 4.16. The van der Waals surface area contributed by atoms with E-state index >= 15 is 0 Å². The highest BCUT2D eigenvalue weighted by atomic mass is 35.5. The summed E-state index contributed by atoms with van der Waals surface area (Å²) in [6, 6.07) is 15.2. The van der Waals surface area contributed by atoms with Crippen molar-refractivity contribution in [1.82, 2.24) is 4.57 Å². The minimum atomic E-state index is -1.26. The number of nitrogen functional groups attached to an aromatic ring is 1. The summed E-state index contributed by atoms with van der Waals surface area (Å²) >= 11 is 5.67. The fraction of sp³-hybridized carbons (Fsp3) is 0.0476. The van der Waals surface area contributed by atoms with Crippen molar-refractivity contribution < 1.29 is 14.3 Å². The lowest BCUT2D eigenvalue weighted by atomic mass is 10.1. The largest absolute Gasteiger partial charge is 0.476 e. The van der Waals surface area contributed by atoms with Crippen molar-refractivity contribution in [2.24, 2.45) is 4.99 Å². The van der Waals surface area contributed by atoms with Gasteiger partial charge in [0.05, 0.1) is 10.7 Å². The maximum absolute atomic E-state index is 13.7. The normalized spacial score (nSPS) is 11.4. The first-order valence-corrected chi connectivity index (χ1v) is 8.70. The summed E-state index contributed by atoms with van der Waals surface area (Å²) in [7, 11) is 0. The number of aliphatic imine (C=N–C) groups is 1. The van der Waals surface area contributed by atoms with E-state index in [2.05, 4.69) is 11.6 Å². The van der Waals surface area contributed by atoms with E-state index in [1.54, 1.807) is 16.8 Å². The SMILES string of the molecule is C=C(/N=C(/C(=O)O)c1ccn(Cc2ccccc2)c1N)c1ccc(Cl)c(F)c1. The molecule has 7 heteroatoms. The number of carboxylic acid groups (broad SMARTS) is 1. The first kappa shape index (κ1) is 19.4. The predicted molar refractivity (Wildman–Crippen MR) is 109 cm³/mol. The van der Waals surface area contributed by atoms with Gasteiger partial charge >= 0.3 is 5.97 Å². The number of nitrogens with two attached hydrogens (primary N) is 1. The number of carbonyl (C=O) groups is 1. The minimum Gasteiger partial charge on any atom is -0.476 e. The molecule has 0 amide bonds. The highest BCUT2D eigenvalue weighted by Gasteiger charge is 2.19. The average Bonchev–Trinajstić information content (AvgIpc) is 3.02. The van der Waals surface area contributed by atoms with Gasteiger partial charge < -0.3 is 15.4 Å². The van der Waals surface area contributed by atoms with Gasteiger partial charge in [-0.2, -0.15) is 0 Å². The van der Waals surface area contributed by atoms with Gasteiger partial charge in [-0.1, -0.05) is 54.6 Å². The summed E-state index contributed by atoms with van der Waals surface area (Å²) in [5, 5.41) is 9.57. The van der Waals surface area contributed by atoms with Crippen LogP contribution in [0.5, 0.6) is 0 Å². The molecule has 0 radical (unpaired) electrons. The maximum atomic E-state index is 13.7. The standard InChI is InChI=1S/C21H17ClFN3O2/c1-13(15-7-8-17(22)18(23)11-15)25-19(21(27)28)16-9-10-26(20(16)24)12-14-5-3-2-4-6-14/h2-11H,1,12,24H2,(H,27,28)/b25-19+. The summed E-state index contributed by atoms with van der Waals surface area (Å²) < 4.78 is 15.4. The molecule has 0 aliphatic rings. The van der Waals surface area contributed by atoms with Gasteiger partial charge in [0.25, 0.3) is 0 Å². The van der Waals surface area contributed by atoms with Crippen LogP contribution < -0.4 is 5.73 Å². The lowest BCUT2D eigenvalue weighted by Crippen LogP contribution is -2.17. The van der Waals surface area contributed by atoms with E-state index in [4.69, 9.17) is 17.3 Å². The quantitative estimate of drug-likeness (QED) is 0.603. The van der Waals surface area contributed by atoms with Crippen LogP contribution in [0, 0.1) is 5.82 Å². The van der Waals surface area contributed by atoms with E-state index in [-0.39, 0.29) is 27.8 Å². The molecule has 0 bridgehead atoms. The smallest absolute Gasteiger partial charge is 0.355 e. The Balaban J connectivity index is 1.94. The molecule has 0 atom stereocenters. The first-order valence-electron chi connectivity index (χ1n) is 8.32. The Bertz CT molecular complexity index is 1070. The van der Waals surface area contributed by atoms with E-state index < -0.39 is 11.8 Å². The number of anilines is 1. The molecule has 0 saturated carbocycles.